The maximum absolute atomic E-state index is 13.0. The molecule has 0 radical (unpaired) electrons. The third-order valence-corrected chi connectivity index (χ3v) is 4.72. The van der Waals surface area contributed by atoms with Crippen LogP contribution in [-0.2, 0) is 6.54 Å². The number of carboxylic acids is 1. The Hall–Kier alpha value is -2.87. The van der Waals surface area contributed by atoms with Crippen molar-refractivity contribution >= 4 is 23.1 Å². The summed E-state index contributed by atoms with van der Waals surface area (Å²) in [5.41, 5.74) is 1.91. The van der Waals surface area contributed by atoms with Crippen molar-refractivity contribution in [2.45, 2.75) is 13.5 Å². The van der Waals surface area contributed by atoms with E-state index in [1.165, 1.54) is 12.1 Å². The molecule has 8 heteroatoms. The van der Waals surface area contributed by atoms with Crippen molar-refractivity contribution in [3.63, 3.8) is 0 Å². The highest BCUT2D eigenvalue weighted by molar-refractivity contribution is 7.17. The van der Waals surface area contributed by atoms with E-state index in [1.807, 2.05) is 11.9 Å². The number of nitrogens with zero attached hydrogens (tertiary/aromatic N) is 4. The van der Waals surface area contributed by atoms with Crippen molar-refractivity contribution in [1.29, 1.82) is 0 Å². The standard InChI is InChI=1S/C17H15FN4O2S/c1-10-15(17(23)24)25-16(20-10)13-7-19-8-14(21-13)22(2)9-11-3-5-12(18)6-4-11/h3-8H,9H2,1-2H3,(H,23,24). The van der Waals surface area contributed by atoms with Crippen molar-refractivity contribution in [3.8, 4) is 10.7 Å². The predicted octanol–water partition coefficient (Wildman–Crippen LogP) is 3.38. The molecule has 0 saturated heterocycles. The van der Waals surface area contributed by atoms with Crippen molar-refractivity contribution in [3.05, 3.63) is 58.6 Å². The van der Waals surface area contributed by atoms with E-state index in [2.05, 4.69) is 15.0 Å². The van der Waals surface area contributed by atoms with Crippen LogP contribution in [0.15, 0.2) is 36.7 Å². The van der Waals surface area contributed by atoms with E-state index in [9.17, 15) is 9.18 Å². The maximum Gasteiger partial charge on any atom is 0.347 e. The molecule has 0 aliphatic heterocycles. The Labute approximate surface area is 147 Å². The second-order valence-corrected chi connectivity index (χ2v) is 6.48. The number of aryl methyl sites for hydroxylation is 1. The summed E-state index contributed by atoms with van der Waals surface area (Å²) in [6.07, 6.45) is 3.17. The molecule has 128 valence electrons. The van der Waals surface area contributed by atoms with Crippen LogP contribution in [0.3, 0.4) is 0 Å². The van der Waals surface area contributed by atoms with E-state index in [-0.39, 0.29) is 10.7 Å². The molecule has 0 saturated carbocycles. The van der Waals surface area contributed by atoms with Crippen LogP contribution in [0, 0.1) is 12.7 Å². The Balaban J connectivity index is 1.84. The van der Waals surface area contributed by atoms with Gasteiger partial charge in [-0.2, -0.15) is 0 Å². The number of carbonyl (C=O) groups is 1. The molecule has 0 fully saturated rings. The maximum atomic E-state index is 13.0. The van der Waals surface area contributed by atoms with Crippen LogP contribution in [0.5, 0.6) is 0 Å². The molecule has 6 nitrogen and oxygen atoms in total. The van der Waals surface area contributed by atoms with Crippen LogP contribution < -0.4 is 4.90 Å². The first-order valence-electron chi connectivity index (χ1n) is 7.43. The molecular formula is C17H15FN4O2S. The lowest BCUT2D eigenvalue weighted by molar-refractivity contribution is 0.0701. The largest absolute Gasteiger partial charge is 0.477 e. The summed E-state index contributed by atoms with van der Waals surface area (Å²) in [7, 11) is 1.85. The lowest BCUT2D eigenvalue weighted by Crippen LogP contribution is -2.18. The monoisotopic (exact) mass is 358 g/mol. The molecule has 0 aliphatic carbocycles. The molecule has 0 atom stereocenters. The average Bonchev–Trinajstić information content (AvgIpc) is 2.99. The molecule has 1 N–H and O–H groups in total. The molecule has 0 unspecified atom stereocenters. The molecule has 0 amide bonds. The van der Waals surface area contributed by atoms with Gasteiger partial charge < -0.3 is 10.0 Å². The van der Waals surface area contributed by atoms with E-state index in [0.29, 0.717) is 28.8 Å². The molecule has 1 aromatic carbocycles. The fourth-order valence-electron chi connectivity index (χ4n) is 2.29. The first-order chi connectivity index (χ1) is 11.9. The Morgan fingerprint density at radius 2 is 1.96 bits per heavy atom. The van der Waals surface area contributed by atoms with Crippen molar-refractivity contribution in [2.75, 3.05) is 11.9 Å². The van der Waals surface area contributed by atoms with Gasteiger partial charge in [0.25, 0.3) is 0 Å². The molecule has 2 aromatic heterocycles. The van der Waals surface area contributed by atoms with Gasteiger partial charge in [-0.1, -0.05) is 12.1 Å². The van der Waals surface area contributed by atoms with Crippen LogP contribution in [0.25, 0.3) is 10.7 Å². The Bertz CT molecular complexity index is 911. The second kappa shape index (κ2) is 6.94. The van der Waals surface area contributed by atoms with Gasteiger partial charge in [-0.15, -0.1) is 11.3 Å². The minimum Gasteiger partial charge on any atom is -0.477 e. The van der Waals surface area contributed by atoms with Gasteiger partial charge in [-0.25, -0.2) is 19.2 Å². The van der Waals surface area contributed by atoms with Crippen LogP contribution in [0.2, 0.25) is 0 Å². The summed E-state index contributed by atoms with van der Waals surface area (Å²) in [6.45, 7) is 2.19. The van der Waals surface area contributed by atoms with Gasteiger partial charge in [0.2, 0.25) is 0 Å². The summed E-state index contributed by atoms with van der Waals surface area (Å²) in [5.74, 6) is -0.660. The van der Waals surface area contributed by atoms with E-state index in [0.717, 1.165) is 16.9 Å². The van der Waals surface area contributed by atoms with Crippen molar-refractivity contribution in [2.24, 2.45) is 0 Å². The molecule has 2 heterocycles. The zero-order chi connectivity index (χ0) is 18.0. The van der Waals surface area contributed by atoms with Crippen molar-refractivity contribution < 1.29 is 14.3 Å². The molecule has 0 aliphatic rings. The van der Waals surface area contributed by atoms with Crippen LogP contribution in [-0.4, -0.2) is 33.1 Å². The lowest BCUT2D eigenvalue weighted by atomic mass is 10.2. The highest BCUT2D eigenvalue weighted by Crippen LogP contribution is 2.27. The fourth-order valence-corrected chi connectivity index (χ4v) is 3.15. The summed E-state index contributed by atoms with van der Waals surface area (Å²) in [4.78, 5) is 26.2. The smallest absolute Gasteiger partial charge is 0.347 e. The van der Waals surface area contributed by atoms with Gasteiger partial charge in [-0.3, -0.25) is 4.98 Å². The quantitative estimate of drug-likeness (QED) is 0.753. The van der Waals surface area contributed by atoms with Gasteiger partial charge in [0.1, 0.15) is 27.2 Å². The molecule has 3 aromatic rings. The van der Waals surface area contributed by atoms with E-state index in [1.54, 1.807) is 31.5 Å². The number of carboxylic acid groups (broad SMARTS) is 1. The highest BCUT2D eigenvalue weighted by Gasteiger charge is 2.16. The Morgan fingerprint density at radius 1 is 1.24 bits per heavy atom. The van der Waals surface area contributed by atoms with Crippen LogP contribution >= 0.6 is 11.3 Å². The van der Waals surface area contributed by atoms with E-state index >= 15 is 0 Å². The number of halogens is 1. The molecule has 0 spiro atoms. The van der Waals surface area contributed by atoms with Gasteiger partial charge in [-0.05, 0) is 24.6 Å². The van der Waals surface area contributed by atoms with Crippen molar-refractivity contribution in [1.82, 2.24) is 15.0 Å². The third kappa shape index (κ3) is 3.80. The van der Waals surface area contributed by atoms with Gasteiger partial charge >= 0.3 is 5.97 Å². The highest BCUT2D eigenvalue weighted by atomic mass is 32.1. The first-order valence-corrected chi connectivity index (χ1v) is 8.24. The second-order valence-electron chi connectivity index (χ2n) is 5.48. The average molecular weight is 358 g/mol. The SMILES string of the molecule is Cc1nc(-c2cncc(N(C)Cc3ccc(F)cc3)n2)sc1C(=O)O. The lowest BCUT2D eigenvalue weighted by Gasteiger charge is -2.18. The summed E-state index contributed by atoms with van der Waals surface area (Å²) < 4.78 is 13.0. The molecule has 3 rings (SSSR count). The zero-order valence-electron chi connectivity index (χ0n) is 13.6. The Morgan fingerprint density at radius 3 is 2.60 bits per heavy atom. The van der Waals surface area contributed by atoms with E-state index in [4.69, 9.17) is 5.11 Å². The zero-order valence-corrected chi connectivity index (χ0v) is 14.4. The topological polar surface area (TPSA) is 79.2 Å². The van der Waals surface area contributed by atoms with Gasteiger partial charge in [0, 0.05) is 13.6 Å². The number of aromatic nitrogens is 3. The summed E-state index contributed by atoms with van der Waals surface area (Å²) in [6, 6.07) is 6.26. The molecule has 0 bridgehead atoms. The van der Waals surface area contributed by atoms with Gasteiger partial charge in [0.05, 0.1) is 18.1 Å². The number of anilines is 1. The number of aromatic carboxylic acids is 1. The van der Waals surface area contributed by atoms with Crippen LogP contribution in [0.1, 0.15) is 20.9 Å². The minimum absolute atomic E-state index is 0.196. The number of benzene rings is 1. The normalized spacial score (nSPS) is 10.7. The summed E-state index contributed by atoms with van der Waals surface area (Å²) >= 11 is 1.07. The van der Waals surface area contributed by atoms with Crippen LogP contribution in [0.4, 0.5) is 10.2 Å². The fraction of sp³-hybridized carbons (Fsp3) is 0.176. The number of thiazole rings is 1. The summed E-state index contributed by atoms with van der Waals surface area (Å²) in [5, 5.41) is 9.67. The first kappa shape index (κ1) is 17.0. The number of rotatable bonds is 5. The minimum atomic E-state index is -1.00. The molecule has 25 heavy (non-hydrogen) atoms. The van der Waals surface area contributed by atoms with E-state index < -0.39 is 5.97 Å². The number of hydrogen-bond acceptors (Lipinski definition) is 6. The third-order valence-electron chi connectivity index (χ3n) is 3.56. The predicted molar refractivity (Wildman–Crippen MR) is 93.3 cm³/mol. The Kier molecular flexibility index (Phi) is 4.71. The van der Waals surface area contributed by atoms with Gasteiger partial charge in [0.15, 0.2) is 0 Å². The molecular weight excluding hydrogens is 343 g/mol. The number of hydrogen-bond donors (Lipinski definition) is 1.